The number of halogens is 2. The summed E-state index contributed by atoms with van der Waals surface area (Å²) in [4.78, 5) is 12.2. The van der Waals surface area contributed by atoms with E-state index in [9.17, 15) is 9.90 Å². The van der Waals surface area contributed by atoms with E-state index in [1.165, 1.54) is 6.07 Å². The molecule has 3 nitrogen and oxygen atoms in total. The molecule has 0 aliphatic heterocycles. The highest BCUT2D eigenvalue weighted by Gasteiger charge is 2.16. The molecule has 20 heavy (non-hydrogen) atoms. The van der Waals surface area contributed by atoms with Crippen molar-refractivity contribution in [1.82, 2.24) is 5.32 Å². The fourth-order valence-corrected chi connectivity index (χ4v) is 2.32. The maximum atomic E-state index is 12.2. The standard InChI is InChI=1S/C15H13Cl2NO2/c16-11-6-7-12(13(17)8-11)15(20)18-14(9-19)10-4-2-1-3-5-10/h1-8,14,19H,9H2,(H,18,20)/t14-/m1/s1. The second-order valence-corrected chi connectivity index (χ2v) is 5.09. The Hall–Kier alpha value is -1.55. The van der Waals surface area contributed by atoms with Crippen LogP contribution in [0.1, 0.15) is 22.0 Å². The van der Waals surface area contributed by atoms with Crippen molar-refractivity contribution in [2.75, 3.05) is 6.61 Å². The Bertz CT molecular complexity index is 602. The maximum Gasteiger partial charge on any atom is 0.253 e. The van der Waals surface area contributed by atoms with E-state index in [0.29, 0.717) is 10.6 Å². The molecule has 0 bridgehead atoms. The number of carbonyl (C=O) groups is 1. The van der Waals surface area contributed by atoms with Crippen molar-refractivity contribution in [3.8, 4) is 0 Å². The highest BCUT2D eigenvalue weighted by molar-refractivity contribution is 6.36. The van der Waals surface area contributed by atoms with Crippen LogP contribution < -0.4 is 5.32 Å². The summed E-state index contributed by atoms with van der Waals surface area (Å²) < 4.78 is 0. The van der Waals surface area contributed by atoms with Gasteiger partial charge in [0.2, 0.25) is 0 Å². The SMILES string of the molecule is O=C(N[C@H](CO)c1ccccc1)c1ccc(Cl)cc1Cl. The first-order chi connectivity index (χ1) is 9.61. The number of aliphatic hydroxyl groups excluding tert-OH is 1. The number of nitrogens with one attached hydrogen (secondary N) is 1. The van der Waals surface area contributed by atoms with Crippen LogP contribution in [0.15, 0.2) is 48.5 Å². The minimum absolute atomic E-state index is 0.193. The van der Waals surface area contributed by atoms with E-state index in [1.807, 2.05) is 30.3 Å². The molecular weight excluding hydrogens is 297 g/mol. The molecule has 5 heteroatoms. The van der Waals surface area contributed by atoms with Crippen molar-refractivity contribution in [3.05, 3.63) is 69.7 Å². The molecule has 0 aliphatic rings. The Kier molecular flexibility index (Phi) is 5.01. The summed E-state index contributed by atoms with van der Waals surface area (Å²) in [6.07, 6.45) is 0. The van der Waals surface area contributed by atoms with Gasteiger partial charge in [0.1, 0.15) is 0 Å². The molecular formula is C15H13Cl2NO2. The number of aliphatic hydroxyl groups is 1. The number of rotatable bonds is 4. The molecule has 0 aromatic heterocycles. The normalized spacial score (nSPS) is 11.9. The molecule has 0 radical (unpaired) electrons. The lowest BCUT2D eigenvalue weighted by molar-refractivity contribution is 0.0916. The topological polar surface area (TPSA) is 49.3 Å². The van der Waals surface area contributed by atoms with Gasteiger partial charge in [0.25, 0.3) is 5.91 Å². The number of amides is 1. The zero-order chi connectivity index (χ0) is 14.5. The Balaban J connectivity index is 2.17. The van der Waals surface area contributed by atoms with Crippen molar-refractivity contribution in [1.29, 1.82) is 0 Å². The summed E-state index contributed by atoms with van der Waals surface area (Å²) in [6, 6.07) is 13.4. The van der Waals surface area contributed by atoms with Gasteiger partial charge in [0.05, 0.1) is 23.2 Å². The van der Waals surface area contributed by atoms with E-state index in [4.69, 9.17) is 23.2 Å². The third kappa shape index (κ3) is 3.51. The lowest BCUT2D eigenvalue weighted by Gasteiger charge is -2.17. The third-order valence-electron chi connectivity index (χ3n) is 2.87. The summed E-state index contributed by atoms with van der Waals surface area (Å²) in [5.74, 6) is -0.352. The van der Waals surface area contributed by atoms with Crippen molar-refractivity contribution in [2.24, 2.45) is 0 Å². The monoisotopic (exact) mass is 309 g/mol. The van der Waals surface area contributed by atoms with Crippen LogP contribution >= 0.6 is 23.2 Å². The van der Waals surface area contributed by atoms with Crippen LogP contribution in [-0.4, -0.2) is 17.6 Å². The van der Waals surface area contributed by atoms with Gasteiger partial charge in [0, 0.05) is 5.02 Å². The van der Waals surface area contributed by atoms with E-state index in [0.717, 1.165) is 5.56 Å². The molecule has 0 fully saturated rings. The van der Waals surface area contributed by atoms with Gasteiger partial charge < -0.3 is 10.4 Å². The average Bonchev–Trinajstić information content (AvgIpc) is 2.45. The van der Waals surface area contributed by atoms with E-state index in [1.54, 1.807) is 12.1 Å². The van der Waals surface area contributed by atoms with Crippen LogP contribution in [0.2, 0.25) is 10.0 Å². The van der Waals surface area contributed by atoms with Gasteiger partial charge in [-0.15, -0.1) is 0 Å². The summed E-state index contributed by atoms with van der Waals surface area (Å²) >= 11 is 11.8. The second kappa shape index (κ2) is 6.75. The van der Waals surface area contributed by atoms with Gasteiger partial charge in [-0.1, -0.05) is 53.5 Å². The van der Waals surface area contributed by atoms with Crippen molar-refractivity contribution in [2.45, 2.75) is 6.04 Å². The highest BCUT2D eigenvalue weighted by atomic mass is 35.5. The number of benzene rings is 2. The summed E-state index contributed by atoms with van der Waals surface area (Å²) in [7, 11) is 0. The Morgan fingerprint density at radius 3 is 2.45 bits per heavy atom. The van der Waals surface area contributed by atoms with E-state index in [2.05, 4.69) is 5.32 Å². The molecule has 0 saturated heterocycles. The quantitative estimate of drug-likeness (QED) is 0.908. The van der Waals surface area contributed by atoms with Gasteiger partial charge in [-0.3, -0.25) is 4.79 Å². The molecule has 2 rings (SSSR count). The molecule has 0 heterocycles. The molecule has 0 aliphatic carbocycles. The molecule has 2 N–H and O–H groups in total. The van der Waals surface area contributed by atoms with Crippen LogP contribution in [-0.2, 0) is 0 Å². The first-order valence-electron chi connectivity index (χ1n) is 6.03. The second-order valence-electron chi connectivity index (χ2n) is 4.24. The van der Waals surface area contributed by atoms with Gasteiger partial charge in [-0.25, -0.2) is 0 Å². The zero-order valence-corrected chi connectivity index (χ0v) is 12.0. The average molecular weight is 310 g/mol. The van der Waals surface area contributed by atoms with E-state index in [-0.39, 0.29) is 17.5 Å². The van der Waals surface area contributed by atoms with Gasteiger partial charge in [-0.2, -0.15) is 0 Å². The molecule has 0 saturated carbocycles. The predicted octanol–water partition coefficient (Wildman–Crippen LogP) is 3.46. The lowest BCUT2D eigenvalue weighted by Crippen LogP contribution is -2.30. The van der Waals surface area contributed by atoms with Gasteiger partial charge in [-0.05, 0) is 23.8 Å². The lowest BCUT2D eigenvalue weighted by atomic mass is 10.1. The van der Waals surface area contributed by atoms with E-state index < -0.39 is 6.04 Å². The largest absolute Gasteiger partial charge is 0.394 e. The summed E-state index contributed by atoms with van der Waals surface area (Å²) in [6.45, 7) is -0.193. The molecule has 104 valence electrons. The molecule has 1 amide bonds. The molecule has 0 spiro atoms. The van der Waals surface area contributed by atoms with Crippen LogP contribution in [0.5, 0.6) is 0 Å². The Labute approximate surface area is 127 Å². The smallest absolute Gasteiger partial charge is 0.253 e. The van der Waals surface area contributed by atoms with Crippen LogP contribution in [0, 0.1) is 0 Å². The molecule has 0 unspecified atom stereocenters. The van der Waals surface area contributed by atoms with Gasteiger partial charge >= 0.3 is 0 Å². The summed E-state index contributed by atoms with van der Waals surface area (Å²) in [5, 5.41) is 12.9. The molecule has 1 atom stereocenters. The predicted molar refractivity (Wildman–Crippen MR) is 80.2 cm³/mol. The van der Waals surface area contributed by atoms with Gasteiger partial charge in [0.15, 0.2) is 0 Å². The zero-order valence-electron chi connectivity index (χ0n) is 10.5. The maximum absolute atomic E-state index is 12.2. The highest BCUT2D eigenvalue weighted by Crippen LogP contribution is 2.22. The van der Waals surface area contributed by atoms with Crippen molar-refractivity contribution in [3.63, 3.8) is 0 Å². The fourth-order valence-electron chi connectivity index (χ4n) is 1.83. The first kappa shape index (κ1) is 14.9. The molecule has 2 aromatic carbocycles. The third-order valence-corrected chi connectivity index (χ3v) is 3.41. The minimum Gasteiger partial charge on any atom is -0.394 e. The van der Waals surface area contributed by atoms with Crippen LogP contribution in [0.25, 0.3) is 0 Å². The van der Waals surface area contributed by atoms with Crippen molar-refractivity contribution < 1.29 is 9.90 Å². The van der Waals surface area contributed by atoms with Crippen molar-refractivity contribution >= 4 is 29.1 Å². The Morgan fingerprint density at radius 1 is 1.15 bits per heavy atom. The number of carbonyl (C=O) groups excluding carboxylic acids is 1. The Morgan fingerprint density at radius 2 is 1.85 bits per heavy atom. The fraction of sp³-hybridized carbons (Fsp3) is 0.133. The van der Waals surface area contributed by atoms with E-state index >= 15 is 0 Å². The first-order valence-corrected chi connectivity index (χ1v) is 6.79. The van der Waals surface area contributed by atoms with Crippen LogP contribution in [0.4, 0.5) is 0 Å². The number of hydrogen-bond donors (Lipinski definition) is 2. The number of hydrogen-bond acceptors (Lipinski definition) is 2. The minimum atomic E-state index is -0.476. The molecule has 2 aromatic rings. The summed E-state index contributed by atoms with van der Waals surface area (Å²) in [5.41, 5.74) is 1.15. The van der Waals surface area contributed by atoms with Crippen LogP contribution in [0.3, 0.4) is 0 Å².